The van der Waals surface area contributed by atoms with Crippen molar-refractivity contribution in [3.8, 4) is 0 Å². The van der Waals surface area contributed by atoms with Gasteiger partial charge in [0, 0.05) is 24.9 Å². The van der Waals surface area contributed by atoms with Gasteiger partial charge in [0.2, 0.25) is 5.91 Å². The number of rotatable bonds is 9. The minimum Gasteiger partial charge on any atom is -0.427 e. The van der Waals surface area contributed by atoms with E-state index < -0.39 is 17.7 Å². The zero-order valence-electron chi connectivity index (χ0n) is 17.1. The number of aliphatic imine (C=N–C) groups is 1. The molecule has 2 rings (SSSR count). The lowest BCUT2D eigenvalue weighted by Crippen LogP contribution is -2.52. The number of nitro groups is 1. The summed E-state index contributed by atoms with van der Waals surface area (Å²) in [4.78, 5) is 27.7. The van der Waals surface area contributed by atoms with Gasteiger partial charge in [0.05, 0.1) is 0 Å². The minimum absolute atomic E-state index is 0.0202. The average molecular weight is 412 g/mol. The quantitative estimate of drug-likeness (QED) is 0.0722. The molecule has 4 atom stereocenters. The predicted octanol–water partition coefficient (Wildman–Crippen LogP) is -0.623. The number of carbonyl (C=O) groups is 1. The molecule has 0 radical (unpaired) electrons. The van der Waals surface area contributed by atoms with Gasteiger partial charge in [-0.2, -0.15) is 0 Å². The minimum atomic E-state index is -1.48. The maximum atomic E-state index is 13.3. The van der Waals surface area contributed by atoms with E-state index >= 15 is 0 Å². The summed E-state index contributed by atoms with van der Waals surface area (Å²) >= 11 is 0. The van der Waals surface area contributed by atoms with Crippen molar-refractivity contribution in [1.82, 2.24) is 16.1 Å². The molecule has 0 bridgehead atoms. The van der Waals surface area contributed by atoms with Gasteiger partial charge in [-0.05, 0) is 31.1 Å². The van der Waals surface area contributed by atoms with E-state index in [1.807, 2.05) is 19.3 Å². The van der Waals surface area contributed by atoms with Gasteiger partial charge in [-0.1, -0.05) is 38.5 Å². The van der Waals surface area contributed by atoms with Crippen LogP contribution in [0, 0.1) is 22.0 Å². The Kier molecular flexibility index (Phi) is 8.23. The summed E-state index contributed by atoms with van der Waals surface area (Å²) in [7, 11) is -1.48. The van der Waals surface area contributed by atoms with Crippen molar-refractivity contribution in [2.75, 3.05) is 6.54 Å². The van der Waals surface area contributed by atoms with Crippen LogP contribution in [-0.2, 0) is 4.79 Å². The molecule has 2 aliphatic rings. The van der Waals surface area contributed by atoms with E-state index in [0.717, 1.165) is 32.1 Å². The van der Waals surface area contributed by atoms with Crippen molar-refractivity contribution in [1.29, 1.82) is 0 Å². The van der Waals surface area contributed by atoms with Crippen LogP contribution in [0.3, 0.4) is 0 Å². The Balaban J connectivity index is 2.09. The Morgan fingerprint density at radius 2 is 2.07 bits per heavy atom. The molecule has 1 saturated heterocycles. The largest absolute Gasteiger partial charge is 0.453 e. The Labute approximate surface area is 171 Å². The number of hydrogen-bond donors (Lipinski definition) is 6. The lowest BCUT2D eigenvalue weighted by Gasteiger charge is -2.30. The van der Waals surface area contributed by atoms with E-state index in [4.69, 9.17) is 5.73 Å². The topological polar surface area (TPSA) is 185 Å². The molecule has 1 saturated carbocycles. The maximum absolute atomic E-state index is 13.3. The third kappa shape index (κ3) is 6.28. The van der Waals surface area contributed by atoms with Crippen molar-refractivity contribution < 1.29 is 19.9 Å². The molecule has 2 fully saturated rings. The summed E-state index contributed by atoms with van der Waals surface area (Å²) in [6.07, 6.45) is 5.57. The molecule has 0 spiro atoms. The molecule has 7 N–H and O–H groups in total. The van der Waals surface area contributed by atoms with E-state index in [2.05, 4.69) is 15.6 Å². The smallest absolute Gasteiger partial charge is 0.427 e. The second-order valence-corrected chi connectivity index (χ2v) is 8.37. The number of amides is 1. The molecule has 0 aromatic heterocycles. The van der Waals surface area contributed by atoms with Crippen LogP contribution in [0.25, 0.3) is 0 Å². The third-order valence-electron chi connectivity index (χ3n) is 6.00. The van der Waals surface area contributed by atoms with Gasteiger partial charge >= 0.3 is 7.12 Å². The van der Waals surface area contributed by atoms with Gasteiger partial charge in [0.1, 0.15) is 5.54 Å². The van der Waals surface area contributed by atoms with Gasteiger partial charge in [0.15, 0.2) is 5.03 Å². The number of fused-ring (bicyclic) bond motifs is 1. The van der Waals surface area contributed by atoms with Crippen LogP contribution in [0.15, 0.2) is 4.99 Å². The van der Waals surface area contributed by atoms with E-state index in [0.29, 0.717) is 6.42 Å². The average Bonchev–Trinajstić information content (AvgIpc) is 3.30. The molecular formula is C17H33BN6O5. The Morgan fingerprint density at radius 1 is 1.38 bits per heavy atom. The zero-order valence-corrected chi connectivity index (χ0v) is 17.1. The first kappa shape index (κ1) is 23.4. The first-order valence-corrected chi connectivity index (χ1v) is 10.3. The summed E-state index contributed by atoms with van der Waals surface area (Å²) in [5.41, 5.74) is 6.61. The molecule has 0 aromatic carbocycles. The van der Waals surface area contributed by atoms with E-state index in [9.17, 15) is 25.0 Å². The fourth-order valence-corrected chi connectivity index (χ4v) is 4.36. The van der Waals surface area contributed by atoms with Gasteiger partial charge in [-0.25, -0.2) is 15.1 Å². The summed E-state index contributed by atoms with van der Waals surface area (Å²) < 4.78 is 0. The van der Waals surface area contributed by atoms with Gasteiger partial charge in [-0.15, -0.1) is 0 Å². The Bertz CT molecular complexity index is 619. The Morgan fingerprint density at radius 3 is 2.69 bits per heavy atom. The molecule has 1 heterocycles. The summed E-state index contributed by atoms with van der Waals surface area (Å²) in [5.74, 6) is -0.295. The number of nitrogens with one attached hydrogen (secondary N) is 3. The van der Waals surface area contributed by atoms with E-state index in [1.54, 1.807) is 0 Å². The molecule has 3 unspecified atom stereocenters. The second-order valence-electron chi connectivity index (χ2n) is 8.37. The summed E-state index contributed by atoms with van der Waals surface area (Å²) in [5, 5.41) is 34.8. The molecule has 11 nitrogen and oxygen atoms in total. The predicted molar refractivity (Wildman–Crippen MR) is 109 cm³/mol. The molecule has 164 valence electrons. The van der Waals surface area contributed by atoms with Crippen molar-refractivity contribution in [3.63, 3.8) is 0 Å². The van der Waals surface area contributed by atoms with E-state index in [-0.39, 0.29) is 48.7 Å². The Hall–Kier alpha value is -1.92. The number of hydrazine groups is 1. The van der Waals surface area contributed by atoms with Gasteiger partial charge < -0.3 is 21.1 Å². The number of hydrogen-bond acceptors (Lipinski definition) is 7. The second kappa shape index (κ2) is 10.2. The van der Waals surface area contributed by atoms with Crippen LogP contribution in [0.2, 0.25) is 6.32 Å². The van der Waals surface area contributed by atoms with Crippen LogP contribution < -0.4 is 21.8 Å². The normalized spacial score (nSPS) is 28.0. The van der Waals surface area contributed by atoms with Crippen LogP contribution in [-0.4, -0.2) is 58.2 Å². The molecule has 0 aromatic rings. The van der Waals surface area contributed by atoms with E-state index in [1.165, 1.54) is 0 Å². The highest BCUT2D eigenvalue weighted by Crippen LogP contribution is 2.44. The summed E-state index contributed by atoms with van der Waals surface area (Å²) in [6, 6.07) is -0.262. The van der Waals surface area contributed by atoms with Crippen molar-refractivity contribution in [3.05, 3.63) is 10.1 Å². The molecule has 1 amide bonds. The number of nitrogens with zero attached hydrogens (tertiary/aromatic N) is 2. The molecule has 29 heavy (non-hydrogen) atoms. The van der Waals surface area contributed by atoms with Gasteiger partial charge in [0.25, 0.3) is 5.96 Å². The zero-order chi connectivity index (χ0) is 21.6. The van der Waals surface area contributed by atoms with Crippen molar-refractivity contribution in [2.45, 2.75) is 76.3 Å². The molecule has 12 heteroatoms. The fourth-order valence-electron chi connectivity index (χ4n) is 4.36. The molecule has 1 aliphatic carbocycles. The lowest BCUT2D eigenvalue weighted by molar-refractivity contribution is -0.525. The highest BCUT2D eigenvalue weighted by atomic mass is 16.7. The van der Waals surface area contributed by atoms with Crippen LogP contribution in [0.1, 0.15) is 52.4 Å². The highest BCUT2D eigenvalue weighted by molar-refractivity contribution is 6.41. The lowest BCUT2D eigenvalue weighted by atomic mass is 9.76. The van der Waals surface area contributed by atoms with Crippen molar-refractivity contribution in [2.24, 2.45) is 22.6 Å². The first-order chi connectivity index (χ1) is 13.7. The highest BCUT2D eigenvalue weighted by Gasteiger charge is 2.63. The molecular weight excluding hydrogens is 379 g/mol. The van der Waals surface area contributed by atoms with Gasteiger partial charge in [-0.3, -0.25) is 10.1 Å². The maximum Gasteiger partial charge on any atom is 0.453 e. The number of carbonyl (C=O) groups excluding carboxylic acids is 1. The SMILES string of the molecule is CC(C)[C@H](CB(O)O)NC(=O)C12NC1CCCCCC2CCN=C(N)N[N+](=O)[O-]. The first-order valence-electron chi connectivity index (χ1n) is 10.3. The monoisotopic (exact) mass is 412 g/mol. The van der Waals surface area contributed by atoms with Crippen molar-refractivity contribution >= 4 is 19.0 Å². The summed E-state index contributed by atoms with van der Waals surface area (Å²) in [6.45, 7) is 4.14. The van der Waals surface area contributed by atoms with Crippen LogP contribution in [0.4, 0.5) is 0 Å². The number of nitrogens with two attached hydrogens (primary N) is 1. The standard InChI is InChI=1S/C17H33BN6O5/c1-11(2)13(10-18(26)27)21-15(25)17-12(6-4-3-5-7-14(17)22-17)8-9-20-16(19)23-24(28)29/h11-14,22,26-27H,3-10H2,1-2H3,(H,21,25)(H3,19,20,23)/t12?,13-,14?,17?/m0/s1. The fraction of sp³-hybridized carbons (Fsp3) is 0.882. The molecule has 1 aliphatic heterocycles. The van der Waals surface area contributed by atoms with Crippen LogP contribution >= 0.6 is 0 Å². The third-order valence-corrected chi connectivity index (χ3v) is 6.00. The number of guanidine groups is 1. The van der Waals surface area contributed by atoms with Crippen LogP contribution in [0.5, 0.6) is 0 Å².